The van der Waals surface area contributed by atoms with Gasteiger partial charge in [0.25, 0.3) is 0 Å². The Hall–Kier alpha value is -1.72. The number of hydrogen-bond donors (Lipinski definition) is 0. The Morgan fingerprint density at radius 3 is 2.54 bits per heavy atom. The van der Waals surface area contributed by atoms with Crippen LogP contribution in [0, 0.1) is 0 Å². The quantitative estimate of drug-likeness (QED) is 0.751. The van der Waals surface area contributed by atoms with Crippen molar-refractivity contribution in [1.29, 1.82) is 0 Å². The molecule has 1 saturated heterocycles. The summed E-state index contributed by atoms with van der Waals surface area (Å²) in [7, 11) is 1.73. The molecule has 24 heavy (non-hydrogen) atoms. The smallest absolute Gasteiger partial charge is 0.142 e. The van der Waals surface area contributed by atoms with Crippen molar-refractivity contribution >= 4 is 21.6 Å². The minimum Gasteiger partial charge on any atom is -0.495 e. The Morgan fingerprint density at radius 1 is 1.00 bits per heavy atom. The molecule has 3 rings (SSSR count). The Bertz CT molecular complexity index is 657. The third kappa shape index (κ3) is 4.42. The lowest BCUT2D eigenvalue weighted by atomic mass is 10.2. The molecule has 4 nitrogen and oxygen atoms in total. The molecule has 0 bridgehead atoms. The van der Waals surface area contributed by atoms with E-state index in [0.717, 1.165) is 48.7 Å². The lowest BCUT2D eigenvalue weighted by molar-refractivity contribution is 0.200. The zero-order valence-corrected chi connectivity index (χ0v) is 15.5. The molecule has 0 radical (unpaired) electrons. The van der Waals surface area contributed by atoms with Gasteiger partial charge in [-0.2, -0.15) is 0 Å². The molecule has 2 aromatic rings. The molecule has 0 amide bonds. The molecular formula is C19H23BrN2O2. The fourth-order valence-corrected chi connectivity index (χ4v) is 3.33. The monoisotopic (exact) mass is 390 g/mol. The van der Waals surface area contributed by atoms with Crippen molar-refractivity contribution in [2.24, 2.45) is 0 Å². The summed E-state index contributed by atoms with van der Waals surface area (Å²) >= 11 is 3.46. The molecule has 5 heteroatoms. The van der Waals surface area contributed by atoms with Crippen LogP contribution in [0.3, 0.4) is 0 Å². The standard InChI is InChI=1S/C19H23BrN2O2/c1-23-19-8-3-2-7-18(19)22-11-9-21(10-12-22)13-14-24-17-6-4-5-16(20)15-17/h2-8,15H,9-14H2,1H3. The molecule has 0 spiro atoms. The van der Waals surface area contributed by atoms with Crippen LogP contribution in [0.15, 0.2) is 53.0 Å². The summed E-state index contributed by atoms with van der Waals surface area (Å²) in [4.78, 5) is 4.84. The highest BCUT2D eigenvalue weighted by molar-refractivity contribution is 9.10. The lowest BCUT2D eigenvalue weighted by Crippen LogP contribution is -2.47. The van der Waals surface area contributed by atoms with E-state index in [0.29, 0.717) is 6.61 Å². The molecule has 0 unspecified atom stereocenters. The fraction of sp³-hybridized carbons (Fsp3) is 0.368. The van der Waals surface area contributed by atoms with Crippen LogP contribution >= 0.6 is 15.9 Å². The molecule has 1 aliphatic rings. The van der Waals surface area contributed by atoms with Crippen molar-refractivity contribution in [3.63, 3.8) is 0 Å². The number of benzene rings is 2. The normalized spacial score (nSPS) is 15.3. The molecule has 0 aromatic heterocycles. The van der Waals surface area contributed by atoms with Crippen molar-refractivity contribution in [2.45, 2.75) is 0 Å². The number of halogens is 1. The molecular weight excluding hydrogens is 368 g/mol. The predicted molar refractivity (Wildman–Crippen MR) is 101 cm³/mol. The van der Waals surface area contributed by atoms with Gasteiger partial charge in [-0.15, -0.1) is 0 Å². The van der Waals surface area contributed by atoms with Crippen LogP contribution in [0.25, 0.3) is 0 Å². The molecule has 2 aromatic carbocycles. The minimum absolute atomic E-state index is 0.713. The molecule has 1 fully saturated rings. The number of hydrogen-bond acceptors (Lipinski definition) is 4. The highest BCUT2D eigenvalue weighted by atomic mass is 79.9. The van der Waals surface area contributed by atoms with Crippen LogP contribution in [-0.4, -0.2) is 51.3 Å². The largest absolute Gasteiger partial charge is 0.495 e. The van der Waals surface area contributed by atoms with Gasteiger partial charge in [-0.05, 0) is 30.3 Å². The predicted octanol–water partition coefficient (Wildman–Crippen LogP) is 3.66. The second-order valence-electron chi connectivity index (χ2n) is 5.81. The number of rotatable bonds is 6. The van der Waals surface area contributed by atoms with Gasteiger partial charge in [0.1, 0.15) is 18.1 Å². The Balaban J connectivity index is 1.45. The summed E-state index contributed by atoms with van der Waals surface area (Å²) in [6, 6.07) is 16.2. The first-order valence-electron chi connectivity index (χ1n) is 8.25. The zero-order chi connectivity index (χ0) is 16.8. The van der Waals surface area contributed by atoms with Crippen LogP contribution in [0.2, 0.25) is 0 Å². The van der Waals surface area contributed by atoms with E-state index in [1.807, 2.05) is 36.4 Å². The Kier molecular flexibility index (Phi) is 5.99. The van der Waals surface area contributed by atoms with Crippen molar-refractivity contribution in [3.05, 3.63) is 53.0 Å². The van der Waals surface area contributed by atoms with Gasteiger partial charge >= 0.3 is 0 Å². The summed E-state index contributed by atoms with van der Waals surface area (Å²) in [6.45, 7) is 5.77. The second kappa shape index (κ2) is 8.40. The maximum atomic E-state index is 5.83. The van der Waals surface area contributed by atoms with Gasteiger partial charge in [-0.25, -0.2) is 0 Å². The summed E-state index contributed by atoms with van der Waals surface area (Å²) in [5.41, 5.74) is 1.19. The third-order valence-corrected chi connectivity index (χ3v) is 4.76. The van der Waals surface area contributed by atoms with E-state index in [-0.39, 0.29) is 0 Å². The zero-order valence-electron chi connectivity index (χ0n) is 14.0. The number of nitrogens with zero attached hydrogens (tertiary/aromatic N) is 2. The van der Waals surface area contributed by atoms with Crippen LogP contribution in [0.4, 0.5) is 5.69 Å². The number of piperazine rings is 1. The average molecular weight is 391 g/mol. The van der Waals surface area contributed by atoms with E-state index in [1.54, 1.807) is 7.11 Å². The third-order valence-electron chi connectivity index (χ3n) is 4.27. The van der Waals surface area contributed by atoms with Crippen molar-refractivity contribution in [1.82, 2.24) is 4.90 Å². The highest BCUT2D eigenvalue weighted by Gasteiger charge is 2.19. The Morgan fingerprint density at radius 2 is 1.79 bits per heavy atom. The van der Waals surface area contributed by atoms with E-state index in [1.165, 1.54) is 5.69 Å². The molecule has 1 aliphatic heterocycles. The van der Waals surface area contributed by atoms with E-state index >= 15 is 0 Å². The van der Waals surface area contributed by atoms with Gasteiger partial charge in [0.05, 0.1) is 12.8 Å². The maximum absolute atomic E-state index is 5.83. The van der Waals surface area contributed by atoms with E-state index in [2.05, 4.69) is 37.9 Å². The van der Waals surface area contributed by atoms with Gasteiger partial charge in [-0.3, -0.25) is 4.90 Å². The summed E-state index contributed by atoms with van der Waals surface area (Å²) in [5, 5.41) is 0. The first-order valence-corrected chi connectivity index (χ1v) is 9.04. The molecule has 0 aliphatic carbocycles. The number of ether oxygens (including phenoxy) is 2. The van der Waals surface area contributed by atoms with Crippen LogP contribution in [-0.2, 0) is 0 Å². The minimum atomic E-state index is 0.713. The SMILES string of the molecule is COc1ccccc1N1CCN(CCOc2cccc(Br)c2)CC1. The first-order chi connectivity index (χ1) is 11.8. The molecule has 128 valence electrons. The molecule has 1 heterocycles. The van der Waals surface area contributed by atoms with Gasteiger partial charge < -0.3 is 14.4 Å². The van der Waals surface area contributed by atoms with E-state index in [4.69, 9.17) is 9.47 Å². The van der Waals surface area contributed by atoms with E-state index < -0.39 is 0 Å². The number of methoxy groups -OCH3 is 1. The van der Waals surface area contributed by atoms with Gasteiger partial charge in [0.2, 0.25) is 0 Å². The van der Waals surface area contributed by atoms with Crippen LogP contribution in [0.1, 0.15) is 0 Å². The van der Waals surface area contributed by atoms with E-state index in [9.17, 15) is 0 Å². The summed E-state index contributed by atoms with van der Waals surface area (Å²) in [5.74, 6) is 1.86. The van der Waals surface area contributed by atoms with Gasteiger partial charge in [0.15, 0.2) is 0 Å². The van der Waals surface area contributed by atoms with Crippen LogP contribution < -0.4 is 14.4 Å². The van der Waals surface area contributed by atoms with Crippen molar-refractivity contribution < 1.29 is 9.47 Å². The second-order valence-corrected chi connectivity index (χ2v) is 6.72. The maximum Gasteiger partial charge on any atom is 0.142 e. The molecule has 0 saturated carbocycles. The summed E-state index contributed by atoms with van der Waals surface area (Å²) < 4.78 is 12.3. The summed E-state index contributed by atoms with van der Waals surface area (Å²) in [6.07, 6.45) is 0. The molecule has 0 N–H and O–H groups in total. The van der Waals surface area contributed by atoms with Crippen molar-refractivity contribution in [2.75, 3.05) is 51.3 Å². The van der Waals surface area contributed by atoms with Crippen LogP contribution in [0.5, 0.6) is 11.5 Å². The Labute approximate surface area is 152 Å². The number of anilines is 1. The van der Waals surface area contributed by atoms with Gasteiger partial charge in [0, 0.05) is 37.2 Å². The van der Waals surface area contributed by atoms with Gasteiger partial charge in [-0.1, -0.05) is 34.1 Å². The van der Waals surface area contributed by atoms with Crippen molar-refractivity contribution in [3.8, 4) is 11.5 Å². The number of para-hydroxylation sites is 2. The average Bonchev–Trinajstić information content (AvgIpc) is 2.62. The topological polar surface area (TPSA) is 24.9 Å². The lowest BCUT2D eigenvalue weighted by Gasteiger charge is -2.36. The fourth-order valence-electron chi connectivity index (χ4n) is 2.95. The highest BCUT2D eigenvalue weighted by Crippen LogP contribution is 2.28. The first kappa shape index (κ1) is 17.1. The molecule has 0 atom stereocenters.